The lowest BCUT2D eigenvalue weighted by Gasteiger charge is -2.18. The summed E-state index contributed by atoms with van der Waals surface area (Å²) in [5, 5.41) is 2.87. The van der Waals surface area contributed by atoms with Crippen molar-refractivity contribution >= 4 is 36.0 Å². The number of hydrogen-bond acceptors (Lipinski definition) is 5. The first-order valence-corrected chi connectivity index (χ1v) is 8.03. The molecule has 0 aliphatic heterocycles. The van der Waals surface area contributed by atoms with Gasteiger partial charge in [0.1, 0.15) is 0 Å². The van der Waals surface area contributed by atoms with Crippen molar-refractivity contribution < 1.29 is 14.3 Å². The minimum Gasteiger partial charge on any atom is -0.469 e. The van der Waals surface area contributed by atoms with Crippen molar-refractivity contribution in [2.24, 2.45) is 5.73 Å². The summed E-state index contributed by atoms with van der Waals surface area (Å²) < 4.78 is 4.70. The molecule has 0 fully saturated rings. The minimum absolute atomic E-state index is 0. The van der Waals surface area contributed by atoms with Crippen molar-refractivity contribution in [2.45, 2.75) is 30.2 Å². The van der Waals surface area contributed by atoms with Gasteiger partial charge in [-0.05, 0) is 36.9 Å². The van der Waals surface area contributed by atoms with Crippen LogP contribution in [0.5, 0.6) is 0 Å². The van der Waals surface area contributed by atoms with Crippen LogP contribution in [0.3, 0.4) is 0 Å². The fourth-order valence-corrected chi connectivity index (χ4v) is 2.28. The summed E-state index contributed by atoms with van der Waals surface area (Å²) in [5.41, 5.74) is 6.28. The molecule has 0 spiro atoms. The zero-order valence-electron chi connectivity index (χ0n) is 12.8. The van der Waals surface area contributed by atoms with Gasteiger partial charge in [-0.25, -0.2) is 0 Å². The van der Waals surface area contributed by atoms with Crippen molar-refractivity contribution in [3.05, 3.63) is 29.8 Å². The van der Waals surface area contributed by atoms with Gasteiger partial charge >= 0.3 is 5.97 Å². The minimum atomic E-state index is -0.376. The number of methoxy groups -OCH3 is 1. The smallest absolute Gasteiger partial charge is 0.307 e. The Bertz CT molecular complexity index is 468. The van der Waals surface area contributed by atoms with Gasteiger partial charge in [0.05, 0.1) is 19.6 Å². The van der Waals surface area contributed by atoms with Crippen LogP contribution < -0.4 is 11.1 Å². The van der Waals surface area contributed by atoms with Crippen molar-refractivity contribution in [3.8, 4) is 0 Å². The van der Waals surface area contributed by atoms with Crippen molar-refractivity contribution in [3.63, 3.8) is 0 Å². The Morgan fingerprint density at radius 2 is 1.95 bits per heavy atom. The van der Waals surface area contributed by atoms with Gasteiger partial charge in [-0.3, -0.25) is 9.59 Å². The molecular weight excluding hydrogens is 324 g/mol. The van der Waals surface area contributed by atoms with Gasteiger partial charge < -0.3 is 15.8 Å². The van der Waals surface area contributed by atoms with E-state index in [9.17, 15) is 9.59 Å². The van der Waals surface area contributed by atoms with Crippen molar-refractivity contribution in [1.29, 1.82) is 0 Å². The standard InChI is InChI=1S/C15H22N2O3S.ClH/c1-20-15(19)10-13(17-14(18)4-3-9-16)11-5-7-12(21-2)8-6-11;/h5-8,13H,3-4,9-10,16H2,1-2H3,(H,17,18);1H. The number of nitrogens with one attached hydrogen (secondary N) is 1. The molecule has 1 unspecified atom stereocenters. The van der Waals surface area contributed by atoms with Gasteiger partial charge in [-0.15, -0.1) is 24.2 Å². The molecule has 0 saturated carbocycles. The fourth-order valence-electron chi connectivity index (χ4n) is 1.87. The molecule has 124 valence electrons. The predicted octanol–water partition coefficient (Wildman–Crippen LogP) is 2.29. The fraction of sp³-hybridized carbons (Fsp3) is 0.467. The van der Waals surface area contributed by atoms with Gasteiger partial charge in [0.15, 0.2) is 0 Å². The molecule has 1 amide bonds. The molecule has 0 heterocycles. The molecule has 0 aromatic heterocycles. The zero-order chi connectivity index (χ0) is 15.7. The molecule has 1 aromatic carbocycles. The Kier molecular flexibility index (Phi) is 10.7. The van der Waals surface area contributed by atoms with Gasteiger partial charge in [0.25, 0.3) is 0 Å². The van der Waals surface area contributed by atoms with Crippen LogP contribution in [-0.2, 0) is 14.3 Å². The van der Waals surface area contributed by atoms with Gasteiger partial charge in [0, 0.05) is 11.3 Å². The molecule has 7 heteroatoms. The maximum absolute atomic E-state index is 11.9. The second-order valence-corrected chi connectivity index (χ2v) is 5.45. The van der Waals surface area contributed by atoms with Crippen LogP contribution in [0.4, 0.5) is 0 Å². The third-order valence-corrected chi connectivity index (χ3v) is 3.80. The number of halogens is 1. The van der Waals surface area contributed by atoms with E-state index in [0.717, 1.165) is 10.5 Å². The predicted molar refractivity (Wildman–Crippen MR) is 91.3 cm³/mol. The maximum atomic E-state index is 11.9. The topological polar surface area (TPSA) is 81.4 Å². The quantitative estimate of drug-likeness (QED) is 0.557. The Morgan fingerprint density at radius 1 is 1.32 bits per heavy atom. The number of hydrogen-bond donors (Lipinski definition) is 2. The second kappa shape index (κ2) is 11.3. The molecular formula is C15H23ClN2O3S. The summed E-state index contributed by atoms with van der Waals surface area (Å²) in [6.07, 6.45) is 3.10. The van der Waals surface area contributed by atoms with E-state index < -0.39 is 0 Å². The molecule has 3 N–H and O–H groups in total. The van der Waals surface area contributed by atoms with Crippen LogP contribution in [0, 0.1) is 0 Å². The first kappa shape index (κ1) is 20.8. The number of nitrogens with two attached hydrogens (primary N) is 1. The number of thioether (sulfide) groups is 1. The lowest BCUT2D eigenvalue weighted by molar-refractivity contribution is -0.141. The van der Waals surface area contributed by atoms with E-state index in [2.05, 4.69) is 5.32 Å². The van der Waals surface area contributed by atoms with E-state index in [4.69, 9.17) is 10.5 Å². The highest BCUT2D eigenvalue weighted by Crippen LogP contribution is 2.21. The number of rotatable bonds is 8. The monoisotopic (exact) mass is 346 g/mol. The highest BCUT2D eigenvalue weighted by Gasteiger charge is 2.18. The third kappa shape index (κ3) is 7.15. The lowest BCUT2D eigenvalue weighted by Crippen LogP contribution is -2.30. The largest absolute Gasteiger partial charge is 0.469 e. The van der Waals surface area contributed by atoms with Crippen LogP contribution >= 0.6 is 24.2 Å². The van der Waals surface area contributed by atoms with Crippen LogP contribution in [0.1, 0.15) is 30.9 Å². The van der Waals surface area contributed by atoms with Crippen LogP contribution in [0.15, 0.2) is 29.2 Å². The number of amides is 1. The molecule has 1 rings (SSSR count). The summed E-state index contributed by atoms with van der Waals surface area (Å²) in [4.78, 5) is 24.5. The van der Waals surface area contributed by atoms with E-state index in [0.29, 0.717) is 19.4 Å². The second-order valence-electron chi connectivity index (χ2n) is 4.57. The zero-order valence-corrected chi connectivity index (χ0v) is 14.5. The molecule has 0 aliphatic carbocycles. The van der Waals surface area contributed by atoms with Gasteiger partial charge in [0.2, 0.25) is 5.91 Å². The highest BCUT2D eigenvalue weighted by molar-refractivity contribution is 7.98. The Balaban J connectivity index is 0.00000441. The summed E-state index contributed by atoms with van der Waals surface area (Å²) in [6.45, 7) is 0.470. The molecule has 0 saturated heterocycles. The normalized spacial score (nSPS) is 11.2. The summed E-state index contributed by atoms with van der Waals surface area (Å²) in [7, 11) is 1.34. The molecule has 1 aromatic rings. The third-order valence-electron chi connectivity index (χ3n) is 3.06. The van der Waals surface area contributed by atoms with E-state index in [1.807, 2.05) is 30.5 Å². The number of benzene rings is 1. The van der Waals surface area contributed by atoms with E-state index >= 15 is 0 Å². The molecule has 1 atom stereocenters. The molecule has 0 aliphatic rings. The van der Waals surface area contributed by atoms with Gasteiger partial charge in [-0.1, -0.05) is 12.1 Å². The summed E-state index contributed by atoms with van der Waals surface area (Å²) in [6, 6.07) is 7.40. The van der Waals surface area contributed by atoms with E-state index in [-0.39, 0.29) is 36.7 Å². The first-order valence-electron chi connectivity index (χ1n) is 6.81. The molecule has 22 heavy (non-hydrogen) atoms. The Morgan fingerprint density at radius 3 is 2.45 bits per heavy atom. The Hall–Kier alpha value is -1.24. The van der Waals surface area contributed by atoms with Crippen LogP contribution in [0.25, 0.3) is 0 Å². The number of carbonyl (C=O) groups excluding carboxylic acids is 2. The lowest BCUT2D eigenvalue weighted by atomic mass is 10.0. The summed E-state index contributed by atoms with van der Waals surface area (Å²) in [5.74, 6) is -0.462. The highest BCUT2D eigenvalue weighted by atomic mass is 35.5. The van der Waals surface area contributed by atoms with E-state index in [1.54, 1.807) is 11.8 Å². The number of esters is 1. The Labute approximate surface area is 141 Å². The SMILES string of the molecule is COC(=O)CC(NC(=O)CCCN)c1ccc(SC)cc1.Cl. The number of carbonyl (C=O) groups is 2. The average Bonchev–Trinajstić information content (AvgIpc) is 2.52. The van der Waals surface area contributed by atoms with Gasteiger partial charge in [-0.2, -0.15) is 0 Å². The summed E-state index contributed by atoms with van der Waals surface area (Å²) >= 11 is 1.64. The van der Waals surface area contributed by atoms with E-state index in [1.165, 1.54) is 7.11 Å². The molecule has 5 nitrogen and oxygen atoms in total. The van der Waals surface area contributed by atoms with Crippen LogP contribution in [0.2, 0.25) is 0 Å². The molecule has 0 bridgehead atoms. The first-order chi connectivity index (χ1) is 10.1. The van der Waals surface area contributed by atoms with Crippen LogP contribution in [-0.4, -0.2) is 31.8 Å². The average molecular weight is 347 g/mol. The maximum Gasteiger partial charge on any atom is 0.307 e. The molecule has 0 radical (unpaired) electrons. The number of ether oxygens (including phenoxy) is 1. The van der Waals surface area contributed by atoms with Crippen molar-refractivity contribution in [1.82, 2.24) is 5.32 Å². The van der Waals surface area contributed by atoms with Crippen molar-refractivity contribution in [2.75, 3.05) is 19.9 Å².